The number of piperazine rings is 1. The number of rotatable bonds is 4. The predicted octanol–water partition coefficient (Wildman–Crippen LogP) is 3.86. The minimum Gasteiger partial charge on any atom is -0.369 e. The number of alkyl halides is 1. The van der Waals surface area contributed by atoms with Crippen molar-refractivity contribution in [2.24, 2.45) is 5.92 Å². The molecule has 0 spiro atoms. The Bertz CT molecular complexity index is 413. The van der Waals surface area contributed by atoms with Crippen LogP contribution in [0.25, 0.3) is 0 Å². The topological polar surface area (TPSA) is 6.48 Å². The van der Waals surface area contributed by atoms with Crippen molar-refractivity contribution in [2.45, 2.75) is 19.7 Å². The molecule has 1 saturated heterocycles. The predicted molar refractivity (Wildman–Crippen MR) is 84.5 cm³/mol. The molecular weight excluding hydrogens is 279 g/mol. The lowest BCUT2D eigenvalue weighted by Gasteiger charge is -2.37. The molecule has 1 heterocycles. The van der Waals surface area contributed by atoms with Crippen molar-refractivity contribution < 1.29 is 0 Å². The highest BCUT2D eigenvalue weighted by Gasteiger charge is 2.18. The smallest absolute Gasteiger partial charge is 0.0488 e. The Morgan fingerprint density at radius 3 is 2.37 bits per heavy atom. The summed E-state index contributed by atoms with van der Waals surface area (Å²) in [6.07, 6.45) is 0. The first-order valence-electron chi connectivity index (χ1n) is 6.92. The maximum absolute atomic E-state index is 6.22. The number of hydrogen-bond acceptors (Lipinski definition) is 2. The Balaban J connectivity index is 1.96. The summed E-state index contributed by atoms with van der Waals surface area (Å²) in [7, 11) is 0. The highest BCUT2D eigenvalue weighted by Crippen LogP contribution is 2.25. The standard InChI is InChI=1S/C15H22Cl2N2/c1-12(2)11-18-5-7-19(8-6-18)14-4-3-13(10-16)15(17)9-14/h3-4,9,12H,5-8,10-11H2,1-2H3. The molecule has 19 heavy (non-hydrogen) atoms. The molecule has 0 radical (unpaired) electrons. The third kappa shape index (κ3) is 4.01. The van der Waals surface area contributed by atoms with Crippen molar-refractivity contribution in [1.82, 2.24) is 4.90 Å². The summed E-state index contributed by atoms with van der Waals surface area (Å²) in [5.74, 6) is 1.21. The molecule has 0 N–H and O–H groups in total. The van der Waals surface area contributed by atoms with E-state index in [1.54, 1.807) is 0 Å². The third-order valence-corrected chi connectivity index (χ3v) is 4.18. The molecule has 1 aromatic rings. The second kappa shape index (κ2) is 6.83. The number of halogens is 2. The van der Waals surface area contributed by atoms with E-state index < -0.39 is 0 Å². The van der Waals surface area contributed by atoms with Gasteiger partial charge in [-0.2, -0.15) is 0 Å². The van der Waals surface area contributed by atoms with E-state index in [4.69, 9.17) is 23.2 Å². The molecule has 2 rings (SSSR count). The number of anilines is 1. The molecule has 0 aromatic heterocycles. The van der Waals surface area contributed by atoms with Crippen LogP contribution >= 0.6 is 23.2 Å². The number of benzene rings is 1. The van der Waals surface area contributed by atoms with E-state index in [0.717, 1.165) is 42.7 Å². The average molecular weight is 301 g/mol. The van der Waals surface area contributed by atoms with Crippen molar-refractivity contribution in [3.8, 4) is 0 Å². The minimum absolute atomic E-state index is 0.473. The average Bonchev–Trinajstić information content (AvgIpc) is 2.39. The van der Waals surface area contributed by atoms with Crippen LogP contribution in [0.4, 0.5) is 5.69 Å². The molecule has 0 amide bonds. The Labute approximate surface area is 126 Å². The van der Waals surface area contributed by atoms with Gasteiger partial charge in [-0.15, -0.1) is 11.6 Å². The summed E-state index contributed by atoms with van der Waals surface area (Å²) in [5.41, 5.74) is 2.22. The van der Waals surface area contributed by atoms with Gasteiger partial charge in [0.15, 0.2) is 0 Å². The van der Waals surface area contributed by atoms with Gasteiger partial charge in [-0.1, -0.05) is 31.5 Å². The normalized spacial score (nSPS) is 17.2. The number of hydrogen-bond donors (Lipinski definition) is 0. The molecule has 0 bridgehead atoms. The van der Waals surface area contributed by atoms with Crippen molar-refractivity contribution in [3.05, 3.63) is 28.8 Å². The molecule has 1 aliphatic heterocycles. The van der Waals surface area contributed by atoms with Crippen molar-refractivity contribution in [1.29, 1.82) is 0 Å². The summed E-state index contributed by atoms with van der Waals surface area (Å²) in [4.78, 5) is 4.94. The molecule has 0 unspecified atom stereocenters. The van der Waals surface area contributed by atoms with Crippen LogP contribution in [0, 0.1) is 5.92 Å². The summed E-state index contributed by atoms with van der Waals surface area (Å²) in [6, 6.07) is 6.20. The first-order valence-corrected chi connectivity index (χ1v) is 7.83. The molecule has 0 saturated carbocycles. The van der Waals surface area contributed by atoms with Crippen LogP contribution in [0.2, 0.25) is 5.02 Å². The van der Waals surface area contributed by atoms with Gasteiger partial charge in [0.1, 0.15) is 0 Å². The third-order valence-electron chi connectivity index (χ3n) is 3.54. The van der Waals surface area contributed by atoms with Gasteiger partial charge in [0.05, 0.1) is 0 Å². The lowest BCUT2D eigenvalue weighted by Crippen LogP contribution is -2.47. The molecule has 0 aliphatic carbocycles. The maximum Gasteiger partial charge on any atom is 0.0488 e. The van der Waals surface area contributed by atoms with Crippen LogP contribution < -0.4 is 4.90 Å². The van der Waals surface area contributed by atoms with Crippen LogP contribution in [0.3, 0.4) is 0 Å². The van der Waals surface area contributed by atoms with Crippen LogP contribution in [0.5, 0.6) is 0 Å². The van der Waals surface area contributed by atoms with Gasteiger partial charge in [0, 0.05) is 49.3 Å². The van der Waals surface area contributed by atoms with Gasteiger partial charge in [-0.3, -0.25) is 4.90 Å². The second-order valence-corrected chi connectivity index (χ2v) is 6.27. The SMILES string of the molecule is CC(C)CN1CCN(c2ccc(CCl)c(Cl)c2)CC1. The molecule has 0 atom stereocenters. The fourth-order valence-electron chi connectivity index (χ4n) is 2.55. The second-order valence-electron chi connectivity index (χ2n) is 5.59. The first-order chi connectivity index (χ1) is 9.10. The van der Waals surface area contributed by atoms with Crippen molar-refractivity contribution >= 4 is 28.9 Å². The number of nitrogens with zero attached hydrogens (tertiary/aromatic N) is 2. The molecule has 1 fully saturated rings. The lowest BCUT2D eigenvalue weighted by molar-refractivity contribution is 0.231. The highest BCUT2D eigenvalue weighted by atomic mass is 35.5. The zero-order chi connectivity index (χ0) is 13.8. The van der Waals surface area contributed by atoms with E-state index in [1.807, 2.05) is 12.1 Å². The van der Waals surface area contributed by atoms with E-state index in [1.165, 1.54) is 12.2 Å². The van der Waals surface area contributed by atoms with Crippen LogP contribution in [0.15, 0.2) is 18.2 Å². The fourth-order valence-corrected chi connectivity index (χ4v) is 3.09. The van der Waals surface area contributed by atoms with Gasteiger partial charge in [0.2, 0.25) is 0 Å². The van der Waals surface area contributed by atoms with E-state index in [2.05, 4.69) is 29.7 Å². The van der Waals surface area contributed by atoms with E-state index >= 15 is 0 Å². The van der Waals surface area contributed by atoms with Gasteiger partial charge in [0.25, 0.3) is 0 Å². The van der Waals surface area contributed by atoms with Gasteiger partial charge in [-0.25, -0.2) is 0 Å². The fraction of sp³-hybridized carbons (Fsp3) is 0.600. The molecule has 1 aliphatic rings. The monoisotopic (exact) mass is 300 g/mol. The Hall–Kier alpha value is -0.440. The first kappa shape index (κ1) is 15.0. The van der Waals surface area contributed by atoms with E-state index in [0.29, 0.717) is 5.88 Å². The maximum atomic E-state index is 6.22. The largest absolute Gasteiger partial charge is 0.369 e. The van der Waals surface area contributed by atoms with Gasteiger partial charge < -0.3 is 4.90 Å². The van der Waals surface area contributed by atoms with Gasteiger partial charge in [-0.05, 0) is 23.6 Å². The van der Waals surface area contributed by atoms with Crippen LogP contribution in [-0.2, 0) is 5.88 Å². The van der Waals surface area contributed by atoms with Crippen LogP contribution in [0.1, 0.15) is 19.4 Å². The minimum atomic E-state index is 0.473. The van der Waals surface area contributed by atoms with Gasteiger partial charge >= 0.3 is 0 Å². The lowest BCUT2D eigenvalue weighted by atomic mass is 10.1. The molecular formula is C15H22Cl2N2. The molecule has 2 nitrogen and oxygen atoms in total. The van der Waals surface area contributed by atoms with Crippen LogP contribution in [-0.4, -0.2) is 37.6 Å². The van der Waals surface area contributed by atoms with E-state index in [9.17, 15) is 0 Å². The summed E-state index contributed by atoms with van der Waals surface area (Å²) in [5, 5.41) is 0.775. The zero-order valence-electron chi connectivity index (χ0n) is 11.7. The van der Waals surface area contributed by atoms with Crippen molar-refractivity contribution in [3.63, 3.8) is 0 Å². The summed E-state index contributed by atoms with van der Waals surface area (Å²) >= 11 is 12.1. The Kier molecular flexibility index (Phi) is 5.37. The highest BCUT2D eigenvalue weighted by molar-refractivity contribution is 6.32. The quantitative estimate of drug-likeness (QED) is 0.779. The molecule has 106 valence electrons. The zero-order valence-corrected chi connectivity index (χ0v) is 13.2. The summed E-state index contributed by atoms with van der Waals surface area (Å²) in [6.45, 7) is 10.2. The Morgan fingerprint density at radius 1 is 1.16 bits per heavy atom. The van der Waals surface area contributed by atoms with Crippen molar-refractivity contribution in [2.75, 3.05) is 37.6 Å². The Morgan fingerprint density at radius 2 is 1.84 bits per heavy atom. The molecule has 4 heteroatoms. The molecule has 1 aromatic carbocycles. The van der Waals surface area contributed by atoms with E-state index in [-0.39, 0.29) is 0 Å². The summed E-state index contributed by atoms with van der Waals surface area (Å²) < 4.78 is 0.